The zero-order valence-corrected chi connectivity index (χ0v) is 37.5. The van der Waals surface area contributed by atoms with E-state index in [2.05, 4.69) is 58.0 Å². The highest BCUT2D eigenvalue weighted by atomic mass is 19.1. The summed E-state index contributed by atoms with van der Waals surface area (Å²) in [4.78, 5) is 51.6. The van der Waals surface area contributed by atoms with Gasteiger partial charge in [-0.15, -0.1) is 0 Å². The van der Waals surface area contributed by atoms with Gasteiger partial charge in [0.05, 0.1) is 35.2 Å². The number of H-pyrrole nitrogens is 1. The lowest BCUT2D eigenvalue weighted by Crippen LogP contribution is -2.67. The third kappa shape index (κ3) is 5.77. The molecule has 6 saturated carbocycles. The normalized spacial score (nSPS) is 42.5. The smallest absolute Gasteiger partial charge is 0.309 e. The number of hydrogen-bond donors (Lipinski definition) is 2. The number of esters is 1. The topological polar surface area (TPSA) is 113 Å². The number of aromatic nitrogens is 2. The molecule has 1 aliphatic heterocycles. The van der Waals surface area contributed by atoms with Crippen molar-refractivity contribution in [3.8, 4) is 11.3 Å². The number of rotatable bonds is 7. The van der Waals surface area contributed by atoms with Crippen molar-refractivity contribution in [2.75, 3.05) is 6.54 Å². The first-order valence-electron chi connectivity index (χ1n) is 23.4. The summed E-state index contributed by atoms with van der Waals surface area (Å²) in [6, 6.07) is 6.38. The number of carboxylic acids is 1. The maximum atomic E-state index is 15.5. The van der Waals surface area contributed by atoms with Gasteiger partial charge in [-0.25, -0.2) is 9.37 Å². The average Bonchev–Trinajstić information content (AvgIpc) is 3.95. The van der Waals surface area contributed by atoms with Gasteiger partial charge in [-0.2, -0.15) is 0 Å². The van der Waals surface area contributed by atoms with Crippen LogP contribution in [0.15, 0.2) is 42.6 Å². The number of halogens is 1. The van der Waals surface area contributed by atoms with Gasteiger partial charge in [-0.1, -0.05) is 60.6 Å². The quantitative estimate of drug-likeness (QED) is 0.212. The monoisotopic (exact) mass is 824 g/mol. The van der Waals surface area contributed by atoms with E-state index in [1.165, 1.54) is 17.7 Å². The van der Waals surface area contributed by atoms with Crippen LogP contribution in [0.2, 0.25) is 0 Å². The highest BCUT2D eigenvalue weighted by Crippen LogP contribution is 2.78. The van der Waals surface area contributed by atoms with Crippen LogP contribution in [-0.4, -0.2) is 50.5 Å². The van der Waals surface area contributed by atoms with Crippen LogP contribution in [0.25, 0.3) is 11.3 Å². The summed E-state index contributed by atoms with van der Waals surface area (Å²) in [5, 5.41) is 9.70. The Morgan fingerprint density at radius 2 is 1.58 bits per heavy atom. The van der Waals surface area contributed by atoms with E-state index in [-0.39, 0.29) is 57.4 Å². The van der Waals surface area contributed by atoms with Gasteiger partial charge < -0.3 is 19.7 Å². The lowest BCUT2D eigenvalue weighted by Gasteiger charge is -2.73. The number of carboxylic acid groups (broad SMARTS) is 1. The second kappa shape index (κ2) is 14.0. The first-order chi connectivity index (χ1) is 28.2. The van der Waals surface area contributed by atoms with Crippen LogP contribution in [0, 0.1) is 79.7 Å². The predicted octanol–water partition coefficient (Wildman–Crippen LogP) is 11.2. The standard InChI is InChI=1S/C51H70FN3O5/c1-29(2)32-18-23-51(45(59)55-26-10-11-37(55)42-53-28-36(54-42)30-12-14-31(52)15-13-30)25-24-49(8)33(41(32)51)16-17-39-48(7)21-20-40(47(5,6)38(48)19-22-50(39,49)9)60-44(58)35-27-34(43(56)57)46(35,3)4/h12-15,28,32-35,37-41H,1,10-11,16-27H2,2-9H3,(H,53,54)(H,56,57)/t32-,33+,34?,35?,37?,38-,39+,40-,41+,48-,49+,50+,51-/m0/s1. The van der Waals surface area contributed by atoms with Gasteiger partial charge in [0.25, 0.3) is 0 Å². The highest BCUT2D eigenvalue weighted by Gasteiger charge is 2.72. The van der Waals surface area contributed by atoms with Crippen molar-refractivity contribution in [3.05, 3.63) is 54.3 Å². The number of nitrogens with one attached hydrogen (secondary N) is 1. The molecule has 1 aromatic heterocycles. The number of likely N-dealkylation sites (tertiary alicyclic amines) is 1. The number of aromatic amines is 1. The Morgan fingerprint density at radius 1 is 0.850 bits per heavy atom. The van der Waals surface area contributed by atoms with E-state index in [9.17, 15) is 19.1 Å². The van der Waals surface area contributed by atoms with Crippen molar-refractivity contribution in [2.45, 2.75) is 151 Å². The molecule has 2 aromatic rings. The van der Waals surface area contributed by atoms with E-state index in [0.717, 1.165) is 101 Å². The summed E-state index contributed by atoms with van der Waals surface area (Å²) < 4.78 is 20.2. The molecule has 0 bridgehead atoms. The zero-order valence-electron chi connectivity index (χ0n) is 37.5. The predicted molar refractivity (Wildman–Crippen MR) is 230 cm³/mol. The number of amides is 1. The Kier molecular flexibility index (Phi) is 9.77. The average molecular weight is 824 g/mol. The van der Waals surface area contributed by atoms with E-state index in [1.807, 2.05) is 20.0 Å². The van der Waals surface area contributed by atoms with Gasteiger partial charge in [0.1, 0.15) is 17.7 Å². The molecule has 13 atom stereocenters. The van der Waals surface area contributed by atoms with Crippen LogP contribution in [0.3, 0.4) is 0 Å². The minimum atomic E-state index is -0.825. The zero-order chi connectivity index (χ0) is 42.9. The third-order valence-electron chi connectivity index (χ3n) is 20.1. The Hall–Kier alpha value is -3.49. The Morgan fingerprint density at radius 3 is 2.27 bits per heavy atom. The minimum absolute atomic E-state index is 0.0792. The molecule has 7 aliphatic rings. The molecule has 1 amide bonds. The molecule has 6 aliphatic carbocycles. The van der Waals surface area contributed by atoms with E-state index >= 15 is 4.79 Å². The summed E-state index contributed by atoms with van der Waals surface area (Å²) in [7, 11) is 0. The van der Waals surface area contributed by atoms with Crippen molar-refractivity contribution in [1.29, 1.82) is 0 Å². The molecular weight excluding hydrogens is 754 g/mol. The Bertz CT molecular complexity index is 2070. The molecule has 7 fully saturated rings. The number of ether oxygens (including phenoxy) is 1. The molecule has 9 heteroatoms. The third-order valence-corrected chi connectivity index (χ3v) is 20.1. The molecule has 2 N–H and O–H groups in total. The minimum Gasteiger partial charge on any atom is -0.481 e. The van der Waals surface area contributed by atoms with Crippen LogP contribution in [0.1, 0.15) is 151 Å². The number of nitrogens with zero attached hydrogens (tertiary/aromatic N) is 2. The first kappa shape index (κ1) is 41.8. The number of allylic oxidation sites excluding steroid dienone is 1. The SMILES string of the molecule is C=C(C)[C@@H]1CC[C@]2(C(=O)N3CCCC3c3ncc(-c4ccc(F)cc4)[nH]3)CC[C@]3(C)[C@H](CC[C@@H]4[C@@]5(C)CC[C@H](OC(=O)C6CC(C(=O)O)C6(C)C)C(C)(C)[C@@H]5CC[C@]43C)[C@@H]12. The molecule has 9 rings (SSSR count). The van der Waals surface area contributed by atoms with Crippen LogP contribution in [0.4, 0.5) is 4.39 Å². The van der Waals surface area contributed by atoms with E-state index in [4.69, 9.17) is 9.72 Å². The summed E-state index contributed by atoms with van der Waals surface area (Å²) in [5.74, 6) is 0.943. The molecule has 3 unspecified atom stereocenters. The molecule has 0 spiro atoms. The summed E-state index contributed by atoms with van der Waals surface area (Å²) >= 11 is 0. The van der Waals surface area contributed by atoms with Crippen LogP contribution >= 0.6 is 0 Å². The maximum Gasteiger partial charge on any atom is 0.309 e. The van der Waals surface area contributed by atoms with Crippen molar-refractivity contribution < 1.29 is 28.6 Å². The van der Waals surface area contributed by atoms with Gasteiger partial charge >= 0.3 is 11.9 Å². The number of carbonyl (C=O) groups excluding carboxylic acids is 2. The molecule has 0 radical (unpaired) electrons. The number of aliphatic carboxylic acids is 1. The van der Waals surface area contributed by atoms with Gasteiger partial charge in [0, 0.05) is 12.0 Å². The van der Waals surface area contributed by atoms with Crippen molar-refractivity contribution in [2.24, 2.45) is 73.9 Å². The molecular formula is C51H70FN3O5. The number of hydrogen-bond acceptors (Lipinski definition) is 5. The highest BCUT2D eigenvalue weighted by molar-refractivity contribution is 5.85. The summed E-state index contributed by atoms with van der Waals surface area (Å²) in [6.07, 6.45) is 14.1. The number of imidazole rings is 1. The van der Waals surface area contributed by atoms with Crippen molar-refractivity contribution in [3.63, 3.8) is 0 Å². The van der Waals surface area contributed by atoms with Gasteiger partial charge in [-0.3, -0.25) is 14.4 Å². The molecule has 2 heterocycles. The lowest BCUT2D eigenvalue weighted by atomic mass is 9.32. The number of benzene rings is 1. The summed E-state index contributed by atoms with van der Waals surface area (Å²) in [5.41, 5.74) is 2.04. The Labute approximate surface area is 357 Å². The second-order valence-corrected chi connectivity index (χ2v) is 23.0. The van der Waals surface area contributed by atoms with E-state index < -0.39 is 22.7 Å². The van der Waals surface area contributed by atoms with E-state index in [1.54, 1.807) is 12.1 Å². The first-order valence-corrected chi connectivity index (χ1v) is 23.4. The molecule has 326 valence electrons. The fourth-order valence-corrected chi connectivity index (χ4v) is 16.5. The fraction of sp³-hybridized carbons (Fsp3) is 0.725. The Balaban J connectivity index is 0.965. The lowest BCUT2D eigenvalue weighted by molar-refractivity contribution is -0.251. The largest absolute Gasteiger partial charge is 0.481 e. The second-order valence-electron chi connectivity index (χ2n) is 23.0. The van der Waals surface area contributed by atoms with Crippen LogP contribution in [-0.2, 0) is 19.1 Å². The molecule has 8 nitrogen and oxygen atoms in total. The van der Waals surface area contributed by atoms with Crippen LogP contribution in [0.5, 0.6) is 0 Å². The summed E-state index contributed by atoms with van der Waals surface area (Å²) in [6.45, 7) is 23.8. The fourth-order valence-electron chi connectivity index (χ4n) is 16.5. The van der Waals surface area contributed by atoms with Crippen molar-refractivity contribution in [1.82, 2.24) is 14.9 Å². The van der Waals surface area contributed by atoms with Gasteiger partial charge in [0.2, 0.25) is 5.91 Å². The van der Waals surface area contributed by atoms with Crippen molar-refractivity contribution >= 4 is 17.8 Å². The maximum absolute atomic E-state index is 15.5. The number of carbonyl (C=O) groups is 3. The van der Waals surface area contributed by atoms with E-state index in [0.29, 0.717) is 36.0 Å². The van der Waals surface area contributed by atoms with Crippen LogP contribution < -0.4 is 0 Å². The number of fused-ring (bicyclic) bond motifs is 7. The molecule has 1 aromatic carbocycles. The molecule has 1 saturated heterocycles. The molecule has 60 heavy (non-hydrogen) atoms. The van der Waals surface area contributed by atoms with Gasteiger partial charge in [0.15, 0.2) is 0 Å². The van der Waals surface area contributed by atoms with Gasteiger partial charge in [-0.05, 0) is 171 Å².